The largest absolute Gasteiger partial charge is 0.463 e. The van der Waals surface area contributed by atoms with Gasteiger partial charge in [0.15, 0.2) is 0 Å². The Kier molecular flexibility index (Phi) is 8.43. The maximum Gasteiger partial charge on any atom is 0.310 e. The van der Waals surface area contributed by atoms with Gasteiger partial charge in [0, 0.05) is 12.8 Å². The fraction of sp³-hybridized carbons (Fsp3) is 0.714. The van der Waals surface area contributed by atoms with Gasteiger partial charge in [-0.1, -0.05) is 0 Å². The highest BCUT2D eigenvalue weighted by atomic mass is 16.6. The Morgan fingerprint density at radius 2 is 1.10 bits per heavy atom. The molecule has 0 radical (unpaired) electrons. The fourth-order valence-corrected chi connectivity index (χ4v) is 1.70. The van der Waals surface area contributed by atoms with E-state index in [0.717, 1.165) is 0 Å². The summed E-state index contributed by atoms with van der Waals surface area (Å²) in [6, 6.07) is 0. The molecule has 0 aromatic carbocycles. The summed E-state index contributed by atoms with van der Waals surface area (Å²) in [5.41, 5.74) is 0. The first-order chi connectivity index (χ1) is 9.33. The minimum atomic E-state index is -0.994. The number of hydrogen-bond donors (Lipinski definition) is 0. The second-order valence-electron chi connectivity index (χ2n) is 4.99. The summed E-state index contributed by atoms with van der Waals surface area (Å²) in [5, 5.41) is 0. The Morgan fingerprint density at radius 1 is 0.800 bits per heavy atom. The molecule has 0 fully saturated rings. The zero-order chi connectivity index (χ0) is 15.7. The van der Waals surface area contributed by atoms with Crippen LogP contribution < -0.4 is 0 Å². The van der Waals surface area contributed by atoms with Gasteiger partial charge in [0.05, 0.1) is 24.0 Å². The number of rotatable bonds is 9. The van der Waals surface area contributed by atoms with Crippen LogP contribution in [0.25, 0.3) is 0 Å². The van der Waals surface area contributed by atoms with Gasteiger partial charge in [-0.15, -0.1) is 0 Å². The van der Waals surface area contributed by atoms with Crippen molar-refractivity contribution in [1.29, 1.82) is 0 Å². The molecule has 0 aliphatic carbocycles. The third-order valence-electron chi connectivity index (χ3n) is 2.50. The van der Waals surface area contributed by atoms with Crippen molar-refractivity contribution < 1.29 is 28.7 Å². The van der Waals surface area contributed by atoms with Gasteiger partial charge < -0.3 is 19.1 Å². The zero-order valence-corrected chi connectivity index (χ0v) is 12.3. The van der Waals surface area contributed by atoms with Crippen molar-refractivity contribution in [2.75, 3.05) is 0 Å². The van der Waals surface area contributed by atoms with Crippen molar-refractivity contribution in [2.45, 2.75) is 52.7 Å². The number of aldehydes is 2. The average Bonchev–Trinajstić information content (AvgIpc) is 2.31. The molecule has 0 bridgehead atoms. The standard InChI is InChI=1S/C14H22O6/c1-9(2)19-13(17)11(5-7-15)12(6-8-16)14(18)20-10(3)4/h7-12H,5-6H2,1-4H3/t11-,12+. The third kappa shape index (κ3) is 6.45. The molecule has 2 atom stereocenters. The van der Waals surface area contributed by atoms with Gasteiger partial charge in [0.2, 0.25) is 0 Å². The molecule has 6 nitrogen and oxygen atoms in total. The molecule has 20 heavy (non-hydrogen) atoms. The topological polar surface area (TPSA) is 86.7 Å². The van der Waals surface area contributed by atoms with Crippen LogP contribution in [0.2, 0.25) is 0 Å². The highest BCUT2D eigenvalue weighted by Gasteiger charge is 2.36. The molecule has 0 heterocycles. The number of esters is 2. The SMILES string of the molecule is CC(C)OC(=O)[C@@H](CC=O)[C@@H](CC=O)C(=O)OC(C)C. The fourth-order valence-electron chi connectivity index (χ4n) is 1.70. The lowest BCUT2D eigenvalue weighted by Gasteiger charge is -2.23. The first kappa shape index (κ1) is 18.3. The number of hydrogen-bond acceptors (Lipinski definition) is 6. The van der Waals surface area contributed by atoms with Gasteiger partial charge in [-0.2, -0.15) is 0 Å². The summed E-state index contributed by atoms with van der Waals surface area (Å²) < 4.78 is 10.1. The van der Waals surface area contributed by atoms with Crippen molar-refractivity contribution >= 4 is 24.5 Å². The Hall–Kier alpha value is -1.72. The van der Waals surface area contributed by atoms with E-state index in [1.807, 2.05) is 0 Å². The van der Waals surface area contributed by atoms with Crippen molar-refractivity contribution in [3.63, 3.8) is 0 Å². The molecule has 0 aromatic heterocycles. The van der Waals surface area contributed by atoms with Crippen molar-refractivity contribution in [3.05, 3.63) is 0 Å². The first-order valence-corrected chi connectivity index (χ1v) is 6.61. The molecule has 0 unspecified atom stereocenters. The Bertz CT molecular complexity index is 314. The van der Waals surface area contributed by atoms with E-state index >= 15 is 0 Å². The monoisotopic (exact) mass is 286 g/mol. The third-order valence-corrected chi connectivity index (χ3v) is 2.50. The minimum Gasteiger partial charge on any atom is -0.463 e. The molecule has 0 spiro atoms. The summed E-state index contributed by atoms with van der Waals surface area (Å²) in [4.78, 5) is 45.3. The van der Waals surface area contributed by atoms with Crippen LogP contribution in [0.1, 0.15) is 40.5 Å². The van der Waals surface area contributed by atoms with Crippen LogP contribution in [0.4, 0.5) is 0 Å². The Balaban J connectivity index is 5.11. The zero-order valence-electron chi connectivity index (χ0n) is 12.3. The molecular formula is C14H22O6. The minimum absolute atomic E-state index is 0.183. The highest BCUT2D eigenvalue weighted by Crippen LogP contribution is 2.23. The Morgan fingerprint density at radius 3 is 1.30 bits per heavy atom. The van der Waals surface area contributed by atoms with E-state index in [2.05, 4.69) is 0 Å². The van der Waals surface area contributed by atoms with Gasteiger partial charge in [-0.25, -0.2) is 0 Å². The molecule has 0 saturated heterocycles. The van der Waals surface area contributed by atoms with E-state index in [0.29, 0.717) is 12.6 Å². The molecule has 114 valence electrons. The van der Waals surface area contributed by atoms with E-state index in [9.17, 15) is 19.2 Å². The van der Waals surface area contributed by atoms with Crippen molar-refractivity contribution in [1.82, 2.24) is 0 Å². The van der Waals surface area contributed by atoms with Crippen LogP contribution in [0.15, 0.2) is 0 Å². The van der Waals surface area contributed by atoms with Crippen LogP contribution in [-0.2, 0) is 28.7 Å². The quantitative estimate of drug-likeness (QED) is 0.469. The van der Waals surface area contributed by atoms with E-state index in [1.165, 1.54) is 0 Å². The van der Waals surface area contributed by atoms with E-state index in [4.69, 9.17) is 9.47 Å². The van der Waals surface area contributed by atoms with Crippen LogP contribution in [0.3, 0.4) is 0 Å². The first-order valence-electron chi connectivity index (χ1n) is 6.61. The average molecular weight is 286 g/mol. The summed E-state index contributed by atoms with van der Waals surface area (Å²) in [5.74, 6) is -3.32. The lowest BCUT2D eigenvalue weighted by molar-refractivity contribution is -0.166. The van der Waals surface area contributed by atoms with Crippen LogP contribution >= 0.6 is 0 Å². The molecule has 6 heteroatoms. The van der Waals surface area contributed by atoms with Gasteiger partial charge in [0.1, 0.15) is 12.6 Å². The summed E-state index contributed by atoms with van der Waals surface area (Å²) >= 11 is 0. The number of carbonyl (C=O) groups excluding carboxylic acids is 4. The maximum atomic E-state index is 11.9. The Labute approximate surface area is 118 Å². The highest BCUT2D eigenvalue weighted by molar-refractivity contribution is 5.85. The van der Waals surface area contributed by atoms with Crippen molar-refractivity contribution in [2.24, 2.45) is 11.8 Å². The maximum absolute atomic E-state index is 11.9. The summed E-state index contributed by atoms with van der Waals surface area (Å²) in [7, 11) is 0. The van der Waals surface area contributed by atoms with Crippen LogP contribution in [0, 0.1) is 11.8 Å². The number of carbonyl (C=O) groups is 4. The predicted octanol–water partition coefficient (Wildman–Crippen LogP) is 1.30. The molecule has 0 rings (SSSR count). The molecule has 0 N–H and O–H groups in total. The van der Waals surface area contributed by atoms with Gasteiger partial charge in [-0.3, -0.25) is 9.59 Å². The van der Waals surface area contributed by atoms with Crippen LogP contribution in [-0.4, -0.2) is 36.7 Å². The van der Waals surface area contributed by atoms with Crippen LogP contribution in [0.5, 0.6) is 0 Å². The molecule has 0 saturated carbocycles. The van der Waals surface area contributed by atoms with Crippen molar-refractivity contribution in [3.8, 4) is 0 Å². The lowest BCUT2D eigenvalue weighted by Crippen LogP contribution is -2.35. The molecule has 0 aliphatic rings. The second-order valence-corrected chi connectivity index (χ2v) is 4.99. The molecular weight excluding hydrogens is 264 g/mol. The van der Waals surface area contributed by atoms with Gasteiger partial charge >= 0.3 is 11.9 Å². The van der Waals surface area contributed by atoms with Gasteiger partial charge in [-0.05, 0) is 27.7 Å². The van der Waals surface area contributed by atoms with E-state index in [1.54, 1.807) is 27.7 Å². The number of ether oxygens (including phenoxy) is 2. The lowest BCUT2D eigenvalue weighted by atomic mass is 9.87. The van der Waals surface area contributed by atoms with E-state index < -0.39 is 23.8 Å². The molecule has 0 aliphatic heterocycles. The van der Waals surface area contributed by atoms with Gasteiger partial charge in [0.25, 0.3) is 0 Å². The summed E-state index contributed by atoms with van der Waals surface area (Å²) in [6.07, 6.45) is -0.0298. The predicted molar refractivity (Wildman–Crippen MR) is 70.8 cm³/mol. The molecule has 0 aromatic rings. The smallest absolute Gasteiger partial charge is 0.310 e. The van der Waals surface area contributed by atoms with E-state index in [-0.39, 0.29) is 25.0 Å². The summed E-state index contributed by atoms with van der Waals surface area (Å²) in [6.45, 7) is 6.65. The normalized spacial score (nSPS) is 13.7. The second kappa shape index (κ2) is 9.23. The molecule has 0 amide bonds.